The van der Waals surface area contributed by atoms with Crippen molar-refractivity contribution in [3.8, 4) is 11.6 Å². The third kappa shape index (κ3) is 3.29. The monoisotopic (exact) mass is 342 g/mol. The Morgan fingerprint density at radius 2 is 2.12 bits per heavy atom. The van der Waals surface area contributed by atoms with Gasteiger partial charge in [-0.2, -0.15) is 9.78 Å². The summed E-state index contributed by atoms with van der Waals surface area (Å²) in [4.78, 5) is 12.2. The molecule has 0 bridgehead atoms. The van der Waals surface area contributed by atoms with Crippen molar-refractivity contribution in [3.63, 3.8) is 0 Å². The van der Waals surface area contributed by atoms with Crippen molar-refractivity contribution in [1.29, 1.82) is 0 Å². The largest absolute Gasteiger partial charge is 0.497 e. The van der Waals surface area contributed by atoms with E-state index in [0.29, 0.717) is 5.69 Å². The van der Waals surface area contributed by atoms with Crippen LogP contribution >= 0.6 is 0 Å². The summed E-state index contributed by atoms with van der Waals surface area (Å²) in [6.45, 7) is 1.64. The average Bonchev–Trinajstić information content (AvgIpc) is 3.20. The Morgan fingerprint density at radius 3 is 2.76 bits per heavy atom. The van der Waals surface area contributed by atoms with Crippen LogP contribution in [-0.2, 0) is 0 Å². The first-order valence-corrected chi connectivity index (χ1v) is 7.08. The van der Waals surface area contributed by atoms with E-state index >= 15 is 0 Å². The van der Waals surface area contributed by atoms with E-state index in [-0.39, 0.29) is 17.3 Å². The number of rotatable bonds is 5. The van der Waals surface area contributed by atoms with Crippen molar-refractivity contribution in [2.24, 2.45) is 5.10 Å². The fraction of sp³-hybridized carbons (Fsp3) is 0.143. The summed E-state index contributed by atoms with van der Waals surface area (Å²) in [5, 5.41) is 18.6. The summed E-state index contributed by atoms with van der Waals surface area (Å²) in [6, 6.07) is 7.18. The number of carbonyl (C=O) groups excluding carboxylic acids is 1. The van der Waals surface area contributed by atoms with Crippen LogP contribution < -0.4 is 15.9 Å². The lowest BCUT2D eigenvalue weighted by molar-refractivity contribution is 0.0949. The number of ether oxygens (including phenoxy) is 1. The average molecular weight is 342 g/mol. The number of hydrogen-bond acceptors (Lipinski definition) is 9. The Hall–Kier alpha value is -3.76. The molecule has 1 aromatic carbocycles. The van der Waals surface area contributed by atoms with Crippen LogP contribution in [0.2, 0.25) is 0 Å². The zero-order chi connectivity index (χ0) is 17.8. The van der Waals surface area contributed by atoms with Gasteiger partial charge in [-0.25, -0.2) is 10.1 Å². The van der Waals surface area contributed by atoms with E-state index in [1.54, 1.807) is 38.3 Å². The quantitative estimate of drug-likeness (QED) is 0.497. The molecule has 0 aliphatic carbocycles. The molecule has 1 amide bonds. The Kier molecular flexibility index (Phi) is 4.37. The van der Waals surface area contributed by atoms with E-state index in [1.165, 1.54) is 10.9 Å². The Morgan fingerprint density at radius 1 is 1.36 bits per heavy atom. The molecule has 0 atom stereocenters. The van der Waals surface area contributed by atoms with Crippen molar-refractivity contribution >= 4 is 17.9 Å². The summed E-state index contributed by atoms with van der Waals surface area (Å²) < 4.78 is 10.8. The number of anilines is 1. The van der Waals surface area contributed by atoms with Crippen LogP contribution in [0.1, 0.15) is 21.7 Å². The van der Waals surface area contributed by atoms with Gasteiger partial charge in [-0.3, -0.25) is 4.79 Å². The molecule has 0 unspecified atom stereocenters. The molecule has 0 radical (unpaired) electrons. The third-order valence-electron chi connectivity index (χ3n) is 3.30. The van der Waals surface area contributed by atoms with Gasteiger partial charge >= 0.3 is 0 Å². The van der Waals surface area contributed by atoms with Gasteiger partial charge in [-0.1, -0.05) is 5.21 Å². The van der Waals surface area contributed by atoms with E-state index in [9.17, 15) is 4.79 Å². The molecule has 0 spiro atoms. The lowest BCUT2D eigenvalue weighted by atomic mass is 10.2. The van der Waals surface area contributed by atoms with Crippen molar-refractivity contribution in [2.45, 2.75) is 6.92 Å². The Balaban J connectivity index is 1.70. The maximum absolute atomic E-state index is 12.2. The number of hydrogen-bond donors (Lipinski definition) is 2. The molecule has 2 aromatic heterocycles. The molecular weight excluding hydrogens is 328 g/mol. The molecular formula is C14H14N8O3. The maximum atomic E-state index is 12.2. The number of amides is 1. The smallest absolute Gasteiger partial charge is 0.293 e. The first-order valence-electron chi connectivity index (χ1n) is 7.08. The molecule has 25 heavy (non-hydrogen) atoms. The minimum absolute atomic E-state index is 0.0393. The molecule has 3 rings (SSSR count). The Bertz CT molecular complexity index is 913. The molecule has 0 saturated heterocycles. The highest BCUT2D eigenvalue weighted by molar-refractivity contribution is 5.94. The van der Waals surface area contributed by atoms with Crippen molar-refractivity contribution in [3.05, 3.63) is 41.2 Å². The molecule has 0 aliphatic rings. The van der Waals surface area contributed by atoms with Gasteiger partial charge in [0.25, 0.3) is 5.91 Å². The van der Waals surface area contributed by atoms with Gasteiger partial charge < -0.3 is 10.5 Å². The molecule has 0 aliphatic heterocycles. The highest BCUT2D eigenvalue weighted by atomic mass is 16.6. The maximum Gasteiger partial charge on any atom is 0.293 e. The predicted molar refractivity (Wildman–Crippen MR) is 86.4 cm³/mol. The van der Waals surface area contributed by atoms with Crippen LogP contribution in [0.4, 0.5) is 5.82 Å². The number of nitrogens with zero attached hydrogens (tertiary/aromatic N) is 6. The first-order chi connectivity index (χ1) is 12.1. The van der Waals surface area contributed by atoms with Gasteiger partial charge in [0.1, 0.15) is 5.75 Å². The topological polar surface area (TPSA) is 146 Å². The number of benzene rings is 1. The number of nitrogens with one attached hydrogen (secondary N) is 1. The van der Waals surface area contributed by atoms with E-state index in [0.717, 1.165) is 11.3 Å². The zero-order valence-electron chi connectivity index (χ0n) is 13.4. The van der Waals surface area contributed by atoms with Gasteiger partial charge in [0.2, 0.25) is 11.6 Å². The van der Waals surface area contributed by atoms with E-state index in [2.05, 4.69) is 35.8 Å². The van der Waals surface area contributed by atoms with E-state index in [4.69, 9.17) is 10.5 Å². The van der Waals surface area contributed by atoms with Crippen molar-refractivity contribution in [1.82, 2.24) is 30.7 Å². The first kappa shape index (κ1) is 16.1. The number of nitrogens with two attached hydrogens (primary N) is 1. The number of hydrazone groups is 1. The molecule has 11 nitrogen and oxygen atoms in total. The van der Waals surface area contributed by atoms with Gasteiger partial charge in [-0.05, 0) is 47.1 Å². The lowest BCUT2D eigenvalue weighted by Crippen LogP contribution is -2.19. The van der Waals surface area contributed by atoms with Gasteiger partial charge in [0.15, 0.2) is 5.69 Å². The van der Waals surface area contributed by atoms with E-state index < -0.39 is 5.91 Å². The second-order valence-corrected chi connectivity index (χ2v) is 4.88. The number of carbonyl (C=O) groups is 1. The van der Waals surface area contributed by atoms with Crippen LogP contribution in [0.15, 0.2) is 34.0 Å². The second-order valence-electron chi connectivity index (χ2n) is 4.88. The standard InChI is InChI=1S/C14H14N8O3/c1-8-11(17-21-22(8)13-12(15)19-25-20-13)14(23)18-16-7-9-3-5-10(24-2)6-4-9/h3-7H,1-2H3,(H2,15,19)(H,18,23). The fourth-order valence-corrected chi connectivity index (χ4v) is 1.99. The van der Waals surface area contributed by atoms with Crippen molar-refractivity contribution < 1.29 is 14.2 Å². The van der Waals surface area contributed by atoms with Crippen molar-refractivity contribution in [2.75, 3.05) is 12.8 Å². The molecule has 3 aromatic rings. The van der Waals surface area contributed by atoms with Gasteiger partial charge in [-0.15, -0.1) is 5.10 Å². The Labute approximate surface area is 141 Å². The molecule has 0 fully saturated rings. The van der Waals surface area contributed by atoms with Crippen LogP contribution in [0.25, 0.3) is 5.82 Å². The number of nitrogen functional groups attached to an aromatic ring is 1. The van der Waals surface area contributed by atoms with Gasteiger partial charge in [0, 0.05) is 0 Å². The minimum Gasteiger partial charge on any atom is -0.497 e. The highest BCUT2D eigenvalue weighted by Gasteiger charge is 2.20. The summed E-state index contributed by atoms with van der Waals surface area (Å²) >= 11 is 0. The number of aromatic nitrogens is 5. The summed E-state index contributed by atoms with van der Waals surface area (Å²) in [7, 11) is 1.58. The molecule has 0 saturated carbocycles. The van der Waals surface area contributed by atoms with Crippen LogP contribution in [0.5, 0.6) is 5.75 Å². The van der Waals surface area contributed by atoms with Crippen LogP contribution in [0.3, 0.4) is 0 Å². The molecule has 128 valence electrons. The highest BCUT2D eigenvalue weighted by Crippen LogP contribution is 2.14. The molecule has 2 heterocycles. The molecule has 11 heteroatoms. The third-order valence-corrected chi connectivity index (χ3v) is 3.30. The van der Waals surface area contributed by atoms with Crippen LogP contribution in [-0.4, -0.2) is 44.5 Å². The lowest BCUT2D eigenvalue weighted by Gasteiger charge is -2.00. The fourth-order valence-electron chi connectivity index (χ4n) is 1.99. The van der Waals surface area contributed by atoms with Gasteiger partial charge in [0.05, 0.1) is 19.0 Å². The zero-order valence-corrected chi connectivity index (χ0v) is 13.4. The normalized spacial score (nSPS) is 11.0. The van der Waals surface area contributed by atoms with E-state index in [1.807, 2.05) is 0 Å². The second kappa shape index (κ2) is 6.78. The predicted octanol–water partition coefficient (Wildman–Crippen LogP) is 0.313. The molecule has 3 N–H and O–H groups in total. The number of methoxy groups -OCH3 is 1. The summed E-state index contributed by atoms with van der Waals surface area (Å²) in [5.74, 6) is 0.404. The van der Waals surface area contributed by atoms with Crippen LogP contribution in [0, 0.1) is 6.92 Å². The SMILES string of the molecule is COc1ccc(C=NNC(=O)c2nnn(-c3nonc3N)c2C)cc1. The summed E-state index contributed by atoms with van der Waals surface area (Å²) in [5.41, 5.74) is 9.27. The summed E-state index contributed by atoms with van der Waals surface area (Å²) in [6.07, 6.45) is 1.50. The minimum atomic E-state index is -0.525.